The number of nitrogens with zero attached hydrogens (tertiary/aromatic N) is 1. The second-order valence-corrected chi connectivity index (χ2v) is 2.72. The first-order valence-electron chi connectivity index (χ1n) is 3.90. The molecule has 1 aromatic rings. The lowest BCUT2D eigenvalue weighted by molar-refractivity contribution is 0.423. The minimum Gasteiger partial charge on any atom is -0.314 e. The number of hydrogen-bond acceptors (Lipinski definition) is 3. The average molecular weight is 225 g/mol. The van der Waals surface area contributed by atoms with Crippen LogP contribution in [0.5, 0.6) is 0 Å². The molecule has 3 N–H and O–H groups in total. The first-order chi connectivity index (χ1) is 5.47. The van der Waals surface area contributed by atoms with Crippen molar-refractivity contribution >= 4 is 24.8 Å². The van der Waals surface area contributed by atoms with Gasteiger partial charge in [-0.2, -0.15) is 5.10 Å². The number of hydrogen-bond donors (Lipinski definition) is 3. The normalized spacial score (nSPS) is 21.4. The number of rotatable bonds is 1. The third-order valence-corrected chi connectivity index (χ3v) is 1.94. The number of aromatic nitrogens is 2. The molecule has 2 heterocycles. The molecule has 0 spiro atoms. The quantitative estimate of drug-likeness (QED) is 0.651. The monoisotopic (exact) mass is 224 g/mol. The van der Waals surface area contributed by atoms with Gasteiger partial charge in [-0.15, -0.1) is 24.8 Å². The van der Waals surface area contributed by atoms with Crippen LogP contribution in [0.3, 0.4) is 0 Å². The van der Waals surface area contributed by atoms with Gasteiger partial charge in [-0.3, -0.25) is 5.10 Å². The molecule has 0 aliphatic carbocycles. The molecule has 2 rings (SSSR count). The molecule has 6 heteroatoms. The van der Waals surface area contributed by atoms with Crippen LogP contribution in [-0.4, -0.2) is 29.8 Å². The molecular weight excluding hydrogens is 211 g/mol. The Morgan fingerprint density at radius 2 is 2.15 bits per heavy atom. The summed E-state index contributed by atoms with van der Waals surface area (Å²) in [4.78, 5) is 0. The van der Waals surface area contributed by atoms with E-state index in [1.165, 1.54) is 0 Å². The molecule has 1 aromatic heterocycles. The molecule has 76 valence electrons. The molecule has 1 saturated heterocycles. The van der Waals surface area contributed by atoms with Gasteiger partial charge in [0.1, 0.15) is 0 Å². The third kappa shape index (κ3) is 3.15. The van der Waals surface area contributed by atoms with Gasteiger partial charge >= 0.3 is 0 Å². The third-order valence-electron chi connectivity index (χ3n) is 1.94. The van der Waals surface area contributed by atoms with Crippen LogP contribution in [0.25, 0.3) is 0 Å². The van der Waals surface area contributed by atoms with Crippen molar-refractivity contribution in [3.05, 3.63) is 18.0 Å². The second kappa shape index (κ2) is 6.21. The zero-order valence-corrected chi connectivity index (χ0v) is 8.75. The van der Waals surface area contributed by atoms with Gasteiger partial charge in [0.15, 0.2) is 0 Å². The summed E-state index contributed by atoms with van der Waals surface area (Å²) in [6.07, 6.45) is 1.78. The summed E-state index contributed by atoms with van der Waals surface area (Å²) in [5.74, 6) is 0. The molecule has 1 aliphatic heterocycles. The number of halogens is 2. The predicted molar refractivity (Wildman–Crippen MR) is 56.7 cm³/mol. The van der Waals surface area contributed by atoms with E-state index in [1.54, 1.807) is 6.20 Å². The Hall–Kier alpha value is -0.290. The molecule has 1 fully saturated rings. The maximum Gasteiger partial charge on any atom is 0.0616 e. The second-order valence-electron chi connectivity index (χ2n) is 2.72. The maximum atomic E-state index is 3.90. The van der Waals surface area contributed by atoms with Crippen molar-refractivity contribution in [1.82, 2.24) is 20.8 Å². The zero-order valence-electron chi connectivity index (χ0n) is 7.12. The molecule has 13 heavy (non-hydrogen) atoms. The predicted octanol–water partition coefficient (Wildman–Crippen LogP) is 0.487. The molecule has 4 nitrogen and oxygen atoms in total. The van der Waals surface area contributed by atoms with Crippen LogP contribution >= 0.6 is 24.8 Å². The highest BCUT2D eigenvalue weighted by atomic mass is 35.5. The summed E-state index contributed by atoms with van der Waals surface area (Å²) in [5.41, 5.74) is 1.16. The average Bonchev–Trinajstić information content (AvgIpc) is 2.58. The summed E-state index contributed by atoms with van der Waals surface area (Å²) in [5, 5.41) is 13.6. The number of aromatic amines is 1. The minimum atomic E-state index is 0. The van der Waals surface area contributed by atoms with Crippen LogP contribution in [0, 0.1) is 0 Å². The van der Waals surface area contributed by atoms with E-state index in [4.69, 9.17) is 0 Å². The SMILES string of the molecule is Cl.Cl.c1cc(C2CNCCN2)[nH]n1. The van der Waals surface area contributed by atoms with Gasteiger partial charge in [-0.1, -0.05) is 0 Å². The van der Waals surface area contributed by atoms with E-state index in [1.807, 2.05) is 6.07 Å². The van der Waals surface area contributed by atoms with Gasteiger partial charge < -0.3 is 10.6 Å². The fraction of sp³-hybridized carbons (Fsp3) is 0.571. The standard InChI is InChI=1S/C7H12N4.2ClH/c1-2-10-11-6(1)7-5-8-3-4-9-7;;/h1-2,7-9H,3-5H2,(H,10,11);2*1H. The summed E-state index contributed by atoms with van der Waals surface area (Å²) in [7, 11) is 0. The molecule has 1 atom stereocenters. The molecule has 0 bridgehead atoms. The van der Waals surface area contributed by atoms with E-state index in [9.17, 15) is 0 Å². The summed E-state index contributed by atoms with van der Waals surface area (Å²) < 4.78 is 0. The molecule has 0 radical (unpaired) electrons. The van der Waals surface area contributed by atoms with E-state index in [0.717, 1.165) is 25.3 Å². The Balaban J connectivity index is 0.000000720. The summed E-state index contributed by atoms with van der Waals surface area (Å²) in [6, 6.07) is 2.41. The van der Waals surface area contributed by atoms with Crippen molar-refractivity contribution in [2.45, 2.75) is 6.04 Å². The Bertz CT molecular complexity index is 208. The lowest BCUT2D eigenvalue weighted by Crippen LogP contribution is -2.42. The first-order valence-corrected chi connectivity index (χ1v) is 3.90. The highest BCUT2D eigenvalue weighted by molar-refractivity contribution is 5.85. The van der Waals surface area contributed by atoms with Crippen LogP contribution in [0.15, 0.2) is 12.3 Å². The summed E-state index contributed by atoms with van der Waals surface area (Å²) in [6.45, 7) is 3.08. The molecule has 0 aromatic carbocycles. The van der Waals surface area contributed by atoms with Crippen molar-refractivity contribution in [1.29, 1.82) is 0 Å². The number of nitrogens with one attached hydrogen (secondary N) is 3. The fourth-order valence-corrected chi connectivity index (χ4v) is 1.33. The molecular formula is C7H14Cl2N4. The van der Waals surface area contributed by atoms with Crippen molar-refractivity contribution in [3.63, 3.8) is 0 Å². The lowest BCUT2D eigenvalue weighted by atomic mass is 10.2. The highest BCUT2D eigenvalue weighted by Crippen LogP contribution is 2.08. The van der Waals surface area contributed by atoms with E-state index < -0.39 is 0 Å². The number of piperazine rings is 1. The van der Waals surface area contributed by atoms with E-state index in [2.05, 4.69) is 20.8 Å². The van der Waals surface area contributed by atoms with Crippen LogP contribution < -0.4 is 10.6 Å². The maximum absolute atomic E-state index is 3.90. The molecule has 0 amide bonds. The topological polar surface area (TPSA) is 52.7 Å². The van der Waals surface area contributed by atoms with E-state index >= 15 is 0 Å². The van der Waals surface area contributed by atoms with Crippen LogP contribution in [-0.2, 0) is 0 Å². The van der Waals surface area contributed by atoms with E-state index in [-0.39, 0.29) is 24.8 Å². The zero-order chi connectivity index (χ0) is 7.52. The number of H-pyrrole nitrogens is 1. The van der Waals surface area contributed by atoms with Crippen molar-refractivity contribution < 1.29 is 0 Å². The van der Waals surface area contributed by atoms with Gasteiger partial charge in [-0.25, -0.2) is 0 Å². The first kappa shape index (κ1) is 12.7. The van der Waals surface area contributed by atoms with Gasteiger partial charge in [-0.05, 0) is 6.07 Å². The van der Waals surface area contributed by atoms with Crippen LogP contribution in [0.2, 0.25) is 0 Å². The Morgan fingerprint density at radius 3 is 2.69 bits per heavy atom. The Morgan fingerprint density at radius 1 is 1.31 bits per heavy atom. The van der Waals surface area contributed by atoms with Crippen molar-refractivity contribution in [2.24, 2.45) is 0 Å². The van der Waals surface area contributed by atoms with Gasteiger partial charge in [0.05, 0.1) is 11.7 Å². The van der Waals surface area contributed by atoms with E-state index in [0.29, 0.717) is 6.04 Å². The van der Waals surface area contributed by atoms with Crippen LogP contribution in [0.4, 0.5) is 0 Å². The van der Waals surface area contributed by atoms with Crippen LogP contribution in [0.1, 0.15) is 11.7 Å². The van der Waals surface area contributed by atoms with Gasteiger partial charge in [0.25, 0.3) is 0 Å². The van der Waals surface area contributed by atoms with Gasteiger partial charge in [0.2, 0.25) is 0 Å². The smallest absolute Gasteiger partial charge is 0.0616 e. The molecule has 1 aliphatic rings. The minimum absolute atomic E-state index is 0. The molecule has 1 unspecified atom stereocenters. The van der Waals surface area contributed by atoms with Gasteiger partial charge in [0, 0.05) is 25.8 Å². The lowest BCUT2D eigenvalue weighted by Gasteiger charge is -2.22. The summed E-state index contributed by atoms with van der Waals surface area (Å²) >= 11 is 0. The molecule has 0 saturated carbocycles. The Kier molecular flexibility index (Phi) is 6.07. The highest BCUT2D eigenvalue weighted by Gasteiger charge is 2.14. The fourth-order valence-electron chi connectivity index (χ4n) is 1.33. The largest absolute Gasteiger partial charge is 0.314 e. The van der Waals surface area contributed by atoms with Crippen molar-refractivity contribution in [2.75, 3.05) is 19.6 Å². The Labute approximate surface area is 89.7 Å². The van der Waals surface area contributed by atoms with Crippen molar-refractivity contribution in [3.8, 4) is 0 Å².